The molecule has 0 unspecified atom stereocenters. The highest BCUT2D eigenvalue weighted by Gasteiger charge is 2.36. The minimum Gasteiger partial charge on any atom is -0.491 e. The topological polar surface area (TPSA) is 124 Å². The molecule has 0 radical (unpaired) electrons. The summed E-state index contributed by atoms with van der Waals surface area (Å²) in [5.74, 6) is 6.70. The highest BCUT2D eigenvalue weighted by atomic mass is 32.1. The molecule has 4 heterocycles. The van der Waals surface area contributed by atoms with Crippen LogP contribution in [0.15, 0.2) is 42.5 Å². The Morgan fingerprint density at radius 1 is 1.07 bits per heavy atom. The zero-order valence-electron chi connectivity index (χ0n) is 33.9. The number of para-hydroxylation sites is 1. The van der Waals surface area contributed by atoms with Crippen LogP contribution in [0.4, 0.5) is 26.3 Å². The van der Waals surface area contributed by atoms with Gasteiger partial charge in [0.2, 0.25) is 0 Å². The van der Waals surface area contributed by atoms with E-state index in [9.17, 15) is 9.18 Å². The standard InChI is InChI=1S/C42H52FN7O4S2Si/c1-8-52-39(51)36-35(19-13-25-53-33-21-20-29(27-31(33)43)15-11-22-44-23-14-26-54-57(6,7)42(3,4)5)56-41(46-36)50-24-12-16-30-28(2)37(48-49-38(30)50)47-40-45-32-17-9-10-18-34(32)55-40/h9-10,17-18,20-21,27,44H,8,12-14,16,19,22-26H2,1-7H3,(H,45,47,48). The number of esters is 1. The number of benzene rings is 2. The Hall–Kier alpha value is -4.46. The fraction of sp³-hybridized carbons (Fsp3) is 0.452. The first kappa shape index (κ1) is 42.2. The van der Waals surface area contributed by atoms with Crippen LogP contribution in [0.1, 0.15) is 79.0 Å². The molecular formula is C42H52FN7O4S2Si. The molecule has 0 spiro atoms. The molecule has 2 N–H and O–H groups in total. The number of halogens is 1. The maximum Gasteiger partial charge on any atom is 0.358 e. The second-order valence-corrected chi connectivity index (χ2v) is 22.3. The molecule has 0 atom stereocenters. The first-order chi connectivity index (χ1) is 27.3. The number of nitrogens with one attached hydrogen (secondary N) is 2. The number of anilines is 4. The minimum atomic E-state index is -1.73. The number of rotatable bonds is 16. The van der Waals surface area contributed by atoms with E-state index in [0.29, 0.717) is 42.4 Å². The molecule has 0 fully saturated rings. The molecule has 57 heavy (non-hydrogen) atoms. The van der Waals surface area contributed by atoms with Crippen LogP contribution >= 0.6 is 22.7 Å². The lowest BCUT2D eigenvalue weighted by Gasteiger charge is -2.36. The molecule has 3 aromatic heterocycles. The molecule has 11 nitrogen and oxygen atoms in total. The lowest BCUT2D eigenvalue weighted by Crippen LogP contribution is -2.41. The number of thiazole rings is 2. The number of ether oxygens (including phenoxy) is 2. The summed E-state index contributed by atoms with van der Waals surface area (Å²) in [6, 6.07) is 12.8. The summed E-state index contributed by atoms with van der Waals surface area (Å²) in [5, 5.41) is 17.5. The van der Waals surface area contributed by atoms with Gasteiger partial charge >= 0.3 is 5.97 Å². The first-order valence-corrected chi connectivity index (χ1v) is 24.1. The summed E-state index contributed by atoms with van der Waals surface area (Å²) < 4.78 is 33.5. The number of aromatic nitrogens is 4. The molecule has 0 amide bonds. The van der Waals surface area contributed by atoms with Gasteiger partial charge in [-0.25, -0.2) is 19.2 Å². The average Bonchev–Trinajstić information content (AvgIpc) is 3.80. The van der Waals surface area contributed by atoms with E-state index in [1.54, 1.807) is 30.4 Å². The Kier molecular flexibility index (Phi) is 13.9. The molecule has 1 aliphatic rings. The fourth-order valence-corrected chi connectivity index (χ4v) is 9.11. The van der Waals surface area contributed by atoms with Crippen LogP contribution in [-0.2, 0) is 22.0 Å². The van der Waals surface area contributed by atoms with Gasteiger partial charge in [-0.15, -0.1) is 21.5 Å². The van der Waals surface area contributed by atoms with Gasteiger partial charge in [0.15, 0.2) is 47.5 Å². The van der Waals surface area contributed by atoms with Crippen molar-refractivity contribution in [3.8, 4) is 17.6 Å². The first-order valence-electron chi connectivity index (χ1n) is 19.5. The van der Waals surface area contributed by atoms with E-state index in [1.165, 1.54) is 17.4 Å². The Bertz CT molecular complexity index is 2210. The Balaban J connectivity index is 1.03. The van der Waals surface area contributed by atoms with Gasteiger partial charge in [-0.1, -0.05) is 56.1 Å². The molecule has 15 heteroatoms. The van der Waals surface area contributed by atoms with Gasteiger partial charge in [0.25, 0.3) is 0 Å². The van der Waals surface area contributed by atoms with E-state index in [-0.39, 0.29) is 29.7 Å². The van der Waals surface area contributed by atoms with Crippen molar-refractivity contribution in [3.63, 3.8) is 0 Å². The van der Waals surface area contributed by atoms with Gasteiger partial charge in [-0.2, -0.15) is 0 Å². The van der Waals surface area contributed by atoms with Gasteiger partial charge in [0.1, 0.15) is 0 Å². The Labute approximate surface area is 343 Å². The number of aryl methyl sites for hydroxylation is 1. The van der Waals surface area contributed by atoms with E-state index in [0.717, 1.165) is 69.6 Å². The number of hydrogen-bond acceptors (Lipinski definition) is 13. The third-order valence-electron chi connectivity index (χ3n) is 10.2. The van der Waals surface area contributed by atoms with Crippen LogP contribution < -0.4 is 20.3 Å². The van der Waals surface area contributed by atoms with Gasteiger partial charge in [0.05, 0.1) is 30.0 Å². The number of carbonyl (C=O) groups is 1. The number of nitrogens with zero attached hydrogens (tertiary/aromatic N) is 5. The van der Waals surface area contributed by atoms with Crippen molar-refractivity contribution in [2.24, 2.45) is 0 Å². The molecule has 0 saturated heterocycles. The molecule has 6 rings (SSSR count). The summed E-state index contributed by atoms with van der Waals surface area (Å²) in [4.78, 5) is 25.3. The quantitative estimate of drug-likeness (QED) is 0.0428. The molecule has 2 aromatic carbocycles. The van der Waals surface area contributed by atoms with E-state index in [2.05, 4.69) is 66.5 Å². The predicted molar refractivity (Wildman–Crippen MR) is 231 cm³/mol. The van der Waals surface area contributed by atoms with Crippen molar-refractivity contribution in [1.29, 1.82) is 0 Å². The largest absolute Gasteiger partial charge is 0.491 e. The third-order valence-corrected chi connectivity index (χ3v) is 16.9. The van der Waals surface area contributed by atoms with Crippen LogP contribution in [0, 0.1) is 24.6 Å². The highest BCUT2D eigenvalue weighted by Crippen LogP contribution is 2.40. The molecule has 0 aliphatic carbocycles. The normalized spacial score (nSPS) is 12.9. The monoisotopic (exact) mass is 829 g/mol. The molecule has 1 aliphatic heterocycles. The average molecular weight is 830 g/mol. The number of fused-ring (bicyclic) bond motifs is 2. The SMILES string of the molecule is CCOC(=O)c1nc(N2CCCc3c2nnc(Nc2nc4ccccc4s2)c3C)sc1CCCOc1ccc(C#CCNCCCO[Si](C)(C)C(C)(C)C)cc1F. The van der Waals surface area contributed by atoms with Gasteiger partial charge in [-0.3, -0.25) is 0 Å². The second-order valence-electron chi connectivity index (χ2n) is 15.4. The molecular weight excluding hydrogens is 778 g/mol. The van der Waals surface area contributed by atoms with Crippen molar-refractivity contribution in [1.82, 2.24) is 25.5 Å². The predicted octanol–water partition coefficient (Wildman–Crippen LogP) is 9.36. The summed E-state index contributed by atoms with van der Waals surface area (Å²) in [5.41, 5.74) is 3.88. The maximum atomic E-state index is 15.0. The zero-order chi connectivity index (χ0) is 40.6. The molecule has 5 aromatic rings. The fourth-order valence-electron chi connectivity index (χ4n) is 6.04. The van der Waals surface area contributed by atoms with Crippen LogP contribution in [0.5, 0.6) is 5.75 Å². The number of carbonyl (C=O) groups excluding carboxylic acids is 1. The zero-order valence-corrected chi connectivity index (χ0v) is 36.5. The highest BCUT2D eigenvalue weighted by molar-refractivity contribution is 7.22. The van der Waals surface area contributed by atoms with Gasteiger partial charge < -0.3 is 29.4 Å². The van der Waals surface area contributed by atoms with Gasteiger partial charge in [-0.05, 0) is 101 Å². The van der Waals surface area contributed by atoms with Crippen LogP contribution in [-0.4, -0.2) is 73.9 Å². The van der Waals surface area contributed by atoms with Crippen LogP contribution in [0.2, 0.25) is 18.1 Å². The lowest BCUT2D eigenvalue weighted by molar-refractivity contribution is 0.0519. The molecule has 302 valence electrons. The van der Waals surface area contributed by atoms with Crippen molar-refractivity contribution in [2.45, 2.75) is 84.9 Å². The van der Waals surface area contributed by atoms with Gasteiger partial charge in [0, 0.05) is 34.7 Å². The molecule has 0 bridgehead atoms. The summed E-state index contributed by atoms with van der Waals surface area (Å²) in [6.45, 7) is 18.3. The second kappa shape index (κ2) is 18.9. The third kappa shape index (κ3) is 10.5. The van der Waals surface area contributed by atoms with Crippen LogP contribution in [0.25, 0.3) is 10.2 Å². The van der Waals surface area contributed by atoms with Crippen LogP contribution in [0.3, 0.4) is 0 Å². The Morgan fingerprint density at radius 3 is 2.67 bits per heavy atom. The summed E-state index contributed by atoms with van der Waals surface area (Å²) >= 11 is 3.01. The van der Waals surface area contributed by atoms with Crippen molar-refractivity contribution >= 4 is 69.1 Å². The maximum absolute atomic E-state index is 15.0. The molecule has 0 saturated carbocycles. The van der Waals surface area contributed by atoms with E-state index >= 15 is 0 Å². The van der Waals surface area contributed by atoms with E-state index in [1.807, 2.05) is 36.1 Å². The lowest BCUT2D eigenvalue weighted by atomic mass is 10.0. The number of hydrogen-bond donors (Lipinski definition) is 2. The van der Waals surface area contributed by atoms with E-state index < -0.39 is 20.1 Å². The van der Waals surface area contributed by atoms with Crippen molar-refractivity contribution < 1.29 is 23.1 Å². The Morgan fingerprint density at radius 2 is 1.89 bits per heavy atom. The van der Waals surface area contributed by atoms with Crippen molar-refractivity contribution in [2.75, 3.05) is 49.7 Å². The van der Waals surface area contributed by atoms with Crippen molar-refractivity contribution in [3.05, 3.63) is 75.5 Å². The summed E-state index contributed by atoms with van der Waals surface area (Å²) in [7, 11) is -1.73. The minimum absolute atomic E-state index is 0.159. The van der Waals surface area contributed by atoms with E-state index in [4.69, 9.17) is 23.9 Å². The summed E-state index contributed by atoms with van der Waals surface area (Å²) in [6.07, 6.45) is 3.69. The smallest absolute Gasteiger partial charge is 0.358 e.